The number of hydrogen-bond donors (Lipinski definition) is 1. The molecule has 0 bridgehead atoms. The van der Waals surface area contributed by atoms with Crippen LogP contribution in [0.1, 0.15) is 30.3 Å². The lowest BCUT2D eigenvalue weighted by Gasteiger charge is -2.25. The molecule has 3 aromatic heterocycles. The number of halogens is 1. The molecule has 1 aliphatic rings. The van der Waals surface area contributed by atoms with Crippen molar-refractivity contribution in [2.24, 2.45) is 0 Å². The number of thiazole rings is 1. The number of amides is 2. The summed E-state index contributed by atoms with van der Waals surface area (Å²) in [7, 11) is 0. The average Bonchev–Trinajstić information content (AvgIpc) is 3.80. The summed E-state index contributed by atoms with van der Waals surface area (Å²) in [6.45, 7) is 5.66. The third-order valence-corrected chi connectivity index (χ3v) is 8.23. The number of fused-ring (bicyclic) bond motifs is 1. The monoisotopic (exact) mass is 618 g/mol. The summed E-state index contributed by atoms with van der Waals surface area (Å²) in [6, 6.07) is 12.8. The van der Waals surface area contributed by atoms with Crippen LogP contribution in [0.5, 0.6) is 5.75 Å². The van der Waals surface area contributed by atoms with Gasteiger partial charge in [0.15, 0.2) is 5.76 Å². The molecule has 13 heteroatoms. The first-order valence-corrected chi connectivity index (χ1v) is 15.3. The highest BCUT2D eigenvalue weighted by atomic mass is 32.1. The Balaban J connectivity index is 0.951. The topological polar surface area (TPSA) is 127 Å². The molecule has 0 radical (unpaired) electrons. The fraction of sp³-hybridized carbons (Fsp3) is 0.323. The van der Waals surface area contributed by atoms with Crippen molar-refractivity contribution >= 4 is 33.4 Å². The molecule has 1 N–H and O–H groups in total. The molecule has 4 heterocycles. The minimum Gasteiger partial charge on any atom is -0.493 e. The van der Waals surface area contributed by atoms with Crippen molar-refractivity contribution in [1.29, 1.82) is 0 Å². The lowest BCUT2D eigenvalue weighted by Crippen LogP contribution is -2.48. The number of furan rings is 1. The van der Waals surface area contributed by atoms with Crippen LogP contribution in [0.2, 0.25) is 0 Å². The smallest absolute Gasteiger partial charge is 0.287 e. The molecule has 6 rings (SSSR count). The van der Waals surface area contributed by atoms with Crippen molar-refractivity contribution in [2.45, 2.75) is 25.8 Å². The van der Waals surface area contributed by atoms with E-state index in [2.05, 4.69) is 25.3 Å². The highest BCUT2D eigenvalue weighted by Gasteiger charge is 2.25. The van der Waals surface area contributed by atoms with E-state index in [4.69, 9.17) is 13.7 Å². The van der Waals surface area contributed by atoms with Crippen LogP contribution in [0, 0.1) is 5.82 Å². The largest absolute Gasteiger partial charge is 0.493 e. The first kappa shape index (κ1) is 29.5. The molecule has 0 spiro atoms. The van der Waals surface area contributed by atoms with Gasteiger partial charge < -0.3 is 28.8 Å². The Labute approximate surface area is 256 Å². The van der Waals surface area contributed by atoms with Gasteiger partial charge in [-0.05, 0) is 68.8 Å². The fourth-order valence-electron chi connectivity index (χ4n) is 5.11. The van der Waals surface area contributed by atoms with E-state index in [0.29, 0.717) is 31.3 Å². The van der Waals surface area contributed by atoms with Gasteiger partial charge in [0.2, 0.25) is 11.7 Å². The summed E-state index contributed by atoms with van der Waals surface area (Å²) in [5.41, 5.74) is 3.64. The number of rotatable bonds is 10. The molecule has 0 aliphatic carbocycles. The van der Waals surface area contributed by atoms with Gasteiger partial charge in [-0.3, -0.25) is 9.59 Å². The Morgan fingerprint density at radius 1 is 1.14 bits per heavy atom. The standard InChI is InChI=1S/C31H31FN6O5S/c1-20(34-29(39)26-5-2-15-42-26)31(40)38-12-3-10-37(13-14-38)11-4-16-41-22-7-8-23(24(32)18-22)28-35-30(43-36-28)21-6-9-25-27(17-21)44-19-33-25/h2,5-9,15,17-20H,3-4,10-14,16H2,1H3,(H,34,39)/t20-/m0/s1. The maximum atomic E-state index is 15.0. The van der Waals surface area contributed by atoms with E-state index in [0.717, 1.165) is 48.3 Å². The zero-order chi connectivity index (χ0) is 30.5. The summed E-state index contributed by atoms with van der Waals surface area (Å²) < 4.78 is 32.3. The van der Waals surface area contributed by atoms with Gasteiger partial charge in [0.05, 0.1) is 34.2 Å². The average molecular weight is 619 g/mol. The Kier molecular flexibility index (Phi) is 8.94. The van der Waals surface area contributed by atoms with Crippen LogP contribution in [0.4, 0.5) is 4.39 Å². The van der Waals surface area contributed by atoms with Crippen molar-refractivity contribution in [1.82, 2.24) is 30.2 Å². The molecule has 0 saturated carbocycles. The highest BCUT2D eigenvalue weighted by Crippen LogP contribution is 2.29. The van der Waals surface area contributed by atoms with Crippen LogP contribution in [0.3, 0.4) is 0 Å². The normalized spacial score (nSPS) is 14.8. The summed E-state index contributed by atoms with van der Waals surface area (Å²) in [5.74, 6) is 0.0409. The fourth-order valence-corrected chi connectivity index (χ4v) is 5.83. The third kappa shape index (κ3) is 6.79. The Hall–Kier alpha value is -4.62. The number of benzene rings is 2. The van der Waals surface area contributed by atoms with E-state index in [1.165, 1.54) is 23.7 Å². The lowest BCUT2D eigenvalue weighted by atomic mass is 10.2. The highest BCUT2D eigenvalue weighted by molar-refractivity contribution is 7.16. The van der Waals surface area contributed by atoms with E-state index in [9.17, 15) is 14.0 Å². The summed E-state index contributed by atoms with van der Waals surface area (Å²) in [4.78, 5) is 37.9. The SMILES string of the molecule is C[C@H](NC(=O)c1ccco1)C(=O)N1CCCN(CCCOc2ccc(-c3noc(-c4ccc5ncsc5c4)n3)c(F)c2)CC1. The molecular formula is C31H31FN6O5S. The van der Waals surface area contributed by atoms with Crippen LogP contribution in [0.25, 0.3) is 33.1 Å². The maximum Gasteiger partial charge on any atom is 0.287 e. The Bertz CT molecular complexity index is 1740. The van der Waals surface area contributed by atoms with E-state index in [1.807, 2.05) is 18.2 Å². The zero-order valence-corrected chi connectivity index (χ0v) is 24.9. The Morgan fingerprint density at radius 3 is 2.89 bits per heavy atom. The number of carbonyl (C=O) groups is 2. The number of hydrogen-bond acceptors (Lipinski definition) is 10. The number of nitrogens with zero attached hydrogens (tertiary/aromatic N) is 5. The number of nitrogens with one attached hydrogen (secondary N) is 1. The van der Waals surface area contributed by atoms with Crippen molar-refractivity contribution < 1.29 is 27.7 Å². The van der Waals surface area contributed by atoms with E-state index in [1.54, 1.807) is 41.6 Å². The van der Waals surface area contributed by atoms with Crippen LogP contribution >= 0.6 is 11.3 Å². The second kappa shape index (κ2) is 13.3. The van der Waals surface area contributed by atoms with Crippen LogP contribution < -0.4 is 10.1 Å². The van der Waals surface area contributed by atoms with Crippen molar-refractivity contribution in [2.75, 3.05) is 39.3 Å². The molecule has 1 atom stereocenters. The van der Waals surface area contributed by atoms with Gasteiger partial charge in [0.1, 0.15) is 17.6 Å². The van der Waals surface area contributed by atoms with Crippen LogP contribution in [0.15, 0.2) is 69.2 Å². The van der Waals surface area contributed by atoms with Gasteiger partial charge in [-0.15, -0.1) is 11.3 Å². The van der Waals surface area contributed by atoms with Gasteiger partial charge in [0.25, 0.3) is 11.8 Å². The van der Waals surface area contributed by atoms with E-state index in [-0.39, 0.29) is 23.1 Å². The first-order valence-electron chi connectivity index (χ1n) is 14.4. The molecule has 1 saturated heterocycles. The molecular weight excluding hydrogens is 587 g/mol. The predicted octanol–water partition coefficient (Wildman–Crippen LogP) is 4.87. The second-order valence-electron chi connectivity index (χ2n) is 10.5. The minimum absolute atomic E-state index is 0.116. The molecule has 11 nitrogen and oxygen atoms in total. The lowest BCUT2D eigenvalue weighted by molar-refractivity contribution is -0.132. The second-order valence-corrected chi connectivity index (χ2v) is 11.4. The number of ether oxygens (including phenoxy) is 1. The summed E-state index contributed by atoms with van der Waals surface area (Å²) in [5, 5.41) is 6.68. The van der Waals surface area contributed by atoms with Gasteiger partial charge >= 0.3 is 0 Å². The van der Waals surface area contributed by atoms with Gasteiger partial charge in [-0.2, -0.15) is 4.98 Å². The number of aromatic nitrogens is 3. The van der Waals surface area contributed by atoms with Crippen LogP contribution in [-0.2, 0) is 4.79 Å². The van der Waals surface area contributed by atoms with Crippen molar-refractivity contribution in [3.8, 4) is 28.6 Å². The molecule has 228 valence electrons. The summed E-state index contributed by atoms with van der Waals surface area (Å²) >= 11 is 1.52. The van der Waals surface area contributed by atoms with Crippen molar-refractivity contribution in [3.05, 3.63) is 71.9 Å². The Morgan fingerprint density at radius 2 is 2.05 bits per heavy atom. The first-order chi connectivity index (χ1) is 21.4. The maximum absolute atomic E-state index is 15.0. The van der Waals surface area contributed by atoms with Gasteiger partial charge in [0, 0.05) is 37.8 Å². The minimum atomic E-state index is -0.652. The summed E-state index contributed by atoms with van der Waals surface area (Å²) in [6.07, 6.45) is 2.99. The van der Waals surface area contributed by atoms with E-state index < -0.39 is 17.8 Å². The van der Waals surface area contributed by atoms with Crippen LogP contribution in [-0.4, -0.2) is 82.1 Å². The third-order valence-electron chi connectivity index (χ3n) is 7.44. The van der Waals surface area contributed by atoms with Crippen molar-refractivity contribution in [3.63, 3.8) is 0 Å². The van der Waals surface area contributed by atoms with Gasteiger partial charge in [-0.25, -0.2) is 9.37 Å². The zero-order valence-electron chi connectivity index (χ0n) is 24.1. The van der Waals surface area contributed by atoms with E-state index >= 15 is 0 Å². The molecule has 5 aromatic rings. The molecule has 1 aliphatic heterocycles. The van der Waals surface area contributed by atoms with Gasteiger partial charge in [-0.1, -0.05) is 5.16 Å². The predicted molar refractivity (Wildman–Crippen MR) is 162 cm³/mol. The molecule has 1 fully saturated rings. The molecule has 44 heavy (non-hydrogen) atoms. The molecule has 0 unspecified atom stereocenters. The molecule has 2 aromatic carbocycles. The molecule has 2 amide bonds. The number of carbonyl (C=O) groups excluding carboxylic acids is 2. The quantitative estimate of drug-likeness (QED) is 0.218.